The van der Waals surface area contributed by atoms with Gasteiger partial charge in [0, 0.05) is 18.6 Å². The van der Waals surface area contributed by atoms with E-state index in [9.17, 15) is 14.7 Å². The number of carboxylic acids is 1. The number of amides is 1. The van der Waals surface area contributed by atoms with Gasteiger partial charge < -0.3 is 19.9 Å². The van der Waals surface area contributed by atoms with Crippen molar-refractivity contribution in [1.29, 1.82) is 0 Å². The first kappa shape index (κ1) is 16.9. The molecule has 1 heterocycles. The highest BCUT2D eigenvalue weighted by Crippen LogP contribution is 2.60. The molecule has 0 atom stereocenters. The number of nitrogens with one attached hydrogen (secondary N) is 1. The molecule has 6 heteroatoms. The molecule has 1 aromatic carbocycles. The SMILES string of the molecule is O=C(O)c1cc2c(cc1NC(=O)C13CC4CC(CC(C4)C1)C3)OCCCO2. The molecule has 2 N–H and O–H groups in total. The van der Waals surface area contributed by atoms with Crippen LogP contribution in [0.2, 0.25) is 0 Å². The highest BCUT2D eigenvalue weighted by atomic mass is 16.5. The number of benzene rings is 1. The zero-order chi connectivity index (χ0) is 18.6. The van der Waals surface area contributed by atoms with Crippen molar-refractivity contribution >= 4 is 17.6 Å². The summed E-state index contributed by atoms with van der Waals surface area (Å²) >= 11 is 0. The molecule has 0 radical (unpaired) electrons. The summed E-state index contributed by atoms with van der Waals surface area (Å²) in [6, 6.07) is 3.08. The van der Waals surface area contributed by atoms with Gasteiger partial charge in [0.05, 0.1) is 29.9 Å². The van der Waals surface area contributed by atoms with Crippen molar-refractivity contribution in [3.8, 4) is 11.5 Å². The van der Waals surface area contributed by atoms with E-state index < -0.39 is 5.97 Å². The molecule has 144 valence electrons. The van der Waals surface area contributed by atoms with Crippen LogP contribution in [0.4, 0.5) is 5.69 Å². The minimum absolute atomic E-state index is 0.0152. The van der Waals surface area contributed by atoms with Crippen molar-refractivity contribution in [1.82, 2.24) is 0 Å². The number of carboxylic acid groups (broad SMARTS) is 1. The number of hydrogen-bond donors (Lipinski definition) is 2. The van der Waals surface area contributed by atoms with Gasteiger partial charge in [-0.25, -0.2) is 4.79 Å². The Balaban J connectivity index is 1.45. The average Bonchev–Trinajstić information content (AvgIpc) is 2.84. The Hall–Kier alpha value is -2.24. The van der Waals surface area contributed by atoms with Gasteiger partial charge in [0.15, 0.2) is 11.5 Å². The summed E-state index contributed by atoms with van der Waals surface area (Å²) in [6.07, 6.45) is 7.35. The third kappa shape index (κ3) is 2.86. The quantitative estimate of drug-likeness (QED) is 0.846. The van der Waals surface area contributed by atoms with Gasteiger partial charge in [-0.15, -0.1) is 0 Å². The second-order valence-electron chi connectivity index (χ2n) is 8.85. The molecule has 4 saturated carbocycles. The zero-order valence-electron chi connectivity index (χ0n) is 15.3. The fourth-order valence-corrected chi connectivity index (χ4v) is 6.13. The number of ether oxygens (including phenoxy) is 2. The Labute approximate surface area is 158 Å². The molecule has 4 fully saturated rings. The fourth-order valence-electron chi connectivity index (χ4n) is 6.13. The van der Waals surface area contributed by atoms with Crippen LogP contribution in [0.5, 0.6) is 11.5 Å². The number of anilines is 1. The molecule has 4 aliphatic carbocycles. The third-order valence-electron chi connectivity index (χ3n) is 6.89. The van der Waals surface area contributed by atoms with Gasteiger partial charge in [0.2, 0.25) is 5.91 Å². The normalized spacial score (nSPS) is 33.4. The van der Waals surface area contributed by atoms with Crippen LogP contribution in [0, 0.1) is 23.2 Å². The van der Waals surface area contributed by atoms with Gasteiger partial charge in [0.25, 0.3) is 0 Å². The van der Waals surface area contributed by atoms with Gasteiger partial charge in [-0.2, -0.15) is 0 Å². The maximum atomic E-state index is 13.3. The van der Waals surface area contributed by atoms with Crippen molar-refractivity contribution in [3.05, 3.63) is 17.7 Å². The molecular weight excluding hydrogens is 346 g/mol. The monoisotopic (exact) mass is 371 g/mol. The van der Waals surface area contributed by atoms with Gasteiger partial charge in [-0.05, 0) is 56.3 Å². The van der Waals surface area contributed by atoms with Crippen molar-refractivity contribution < 1.29 is 24.2 Å². The highest BCUT2D eigenvalue weighted by Gasteiger charge is 2.54. The number of fused-ring (bicyclic) bond motifs is 1. The molecule has 6 nitrogen and oxygen atoms in total. The van der Waals surface area contributed by atoms with E-state index in [-0.39, 0.29) is 16.9 Å². The van der Waals surface area contributed by atoms with E-state index in [1.54, 1.807) is 6.07 Å². The van der Waals surface area contributed by atoms with E-state index in [2.05, 4.69) is 5.32 Å². The van der Waals surface area contributed by atoms with Crippen LogP contribution in [0.3, 0.4) is 0 Å². The number of hydrogen-bond acceptors (Lipinski definition) is 4. The lowest BCUT2D eigenvalue weighted by atomic mass is 9.49. The van der Waals surface area contributed by atoms with E-state index in [1.165, 1.54) is 25.3 Å². The molecule has 4 bridgehead atoms. The van der Waals surface area contributed by atoms with Crippen LogP contribution in [0.1, 0.15) is 55.3 Å². The topological polar surface area (TPSA) is 84.9 Å². The maximum absolute atomic E-state index is 13.3. The smallest absolute Gasteiger partial charge is 0.337 e. The van der Waals surface area contributed by atoms with Crippen molar-refractivity contribution in [2.75, 3.05) is 18.5 Å². The fraction of sp³-hybridized carbons (Fsp3) is 0.619. The van der Waals surface area contributed by atoms with E-state index >= 15 is 0 Å². The van der Waals surface area contributed by atoms with Gasteiger partial charge in [-0.1, -0.05) is 0 Å². The molecule has 1 amide bonds. The minimum Gasteiger partial charge on any atom is -0.490 e. The molecule has 6 rings (SSSR count). The predicted octanol–water partition coefficient (Wildman–Crippen LogP) is 3.70. The summed E-state index contributed by atoms with van der Waals surface area (Å²) in [7, 11) is 0. The number of rotatable bonds is 3. The Kier molecular flexibility index (Phi) is 3.85. The van der Waals surface area contributed by atoms with Crippen molar-refractivity contribution in [2.45, 2.75) is 44.9 Å². The summed E-state index contributed by atoms with van der Waals surface area (Å²) in [6.45, 7) is 1.01. The Morgan fingerprint density at radius 2 is 1.52 bits per heavy atom. The lowest BCUT2D eigenvalue weighted by molar-refractivity contribution is -0.140. The maximum Gasteiger partial charge on any atom is 0.337 e. The van der Waals surface area contributed by atoms with Crippen LogP contribution >= 0.6 is 0 Å². The molecule has 1 aromatic rings. The second-order valence-corrected chi connectivity index (χ2v) is 8.85. The predicted molar refractivity (Wildman–Crippen MR) is 98.2 cm³/mol. The number of carbonyl (C=O) groups excluding carboxylic acids is 1. The summed E-state index contributed by atoms with van der Waals surface area (Å²) in [5.74, 6) is 1.81. The first-order valence-corrected chi connectivity index (χ1v) is 10.0. The van der Waals surface area contributed by atoms with Gasteiger partial charge in [-0.3, -0.25) is 4.79 Å². The van der Waals surface area contributed by atoms with Crippen LogP contribution in [-0.2, 0) is 4.79 Å². The standard InChI is InChI=1S/C21H25NO5/c23-19(24)15-7-17-18(27-3-1-2-26-17)8-16(15)22-20(25)21-9-12-4-13(10-21)6-14(5-12)11-21/h7-8,12-14H,1-6,9-11H2,(H,22,25)(H,23,24). The van der Waals surface area contributed by atoms with E-state index in [1.807, 2.05) is 0 Å². The molecule has 27 heavy (non-hydrogen) atoms. The first-order chi connectivity index (χ1) is 13.0. The molecular formula is C21H25NO5. The van der Waals surface area contributed by atoms with E-state index in [4.69, 9.17) is 9.47 Å². The van der Waals surface area contributed by atoms with Crippen LogP contribution in [0.25, 0.3) is 0 Å². The Morgan fingerprint density at radius 1 is 0.963 bits per heavy atom. The third-order valence-corrected chi connectivity index (χ3v) is 6.89. The van der Waals surface area contributed by atoms with Crippen LogP contribution in [-0.4, -0.2) is 30.2 Å². The summed E-state index contributed by atoms with van der Waals surface area (Å²) in [5, 5.41) is 12.6. The lowest BCUT2D eigenvalue weighted by Gasteiger charge is -2.55. The molecule has 1 aliphatic heterocycles. The summed E-state index contributed by atoms with van der Waals surface area (Å²) in [5.41, 5.74) is 0.0408. The minimum atomic E-state index is -1.08. The Bertz CT molecular complexity index is 767. The largest absolute Gasteiger partial charge is 0.490 e. The lowest BCUT2D eigenvalue weighted by Crippen LogP contribution is -2.51. The number of aromatic carboxylic acids is 1. The molecule has 0 spiro atoms. The first-order valence-electron chi connectivity index (χ1n) is 10.0. The Morgan fingerprint density at radius 3 is 2.07 bits per heavy atom. The zero-order valence-corrected chi connectivity index (χ0v) is 15.3. The van der Waals surface area contributed by atoms with Gasteiger partial charge >= 0.3 is 5.97 Å². The highest BCUT2D eigenvalue weighted by molar-refractivity contribution is 6.03. The second kappa shape index (κ2) is 6.14. The molecule has 0 unspecified atom stereocenters. The molecule has 0 saturated heterocycles. The van der Waals surface area contributed by atoms with E-state index in [0.29, 0.717) is 48.2 Å². The molecule has 5 aliphatic rings. The summed E-state index contributed by atoms with van der Waals surface area (Å²) < 4.78 is 11.3. The van der Waals surface area contributed by atoms with Crippen molar-refractivity contribution in [3.63, 3.8) is 0 Å². The summed E-state index contributed by atoms with van der Waals surface area (Å²) in [4.78, 5) is 25.1. The van der Waals surface area contributed by atoms with Crippen LogP contribution < -0.4 is 14.8 Å². The number of carbonyl (C=O) groups is 2. The van der Waals surface area contributed by atoms with Crippen molar-refractivity contribution in [2.24, 2.45) is 23.2 Å². The van der Waals surface area contributed by atoms with Crippen LogP contribution in [0.15, 0.2) is 12.1 Å². The van der Waals surface area contributed by atoms with E-state index in [0.717, 1.165) is 25.7 Å². The average molecular weight is 371 g/mol. The molecule has 0 aromatic heterocycles. The van der Waals surface area contributed by atoms with Gasteiger partial charge in [0.1, 0.15) is 0 Å².